The van der Waals surface area contributed by atoms with Crippen molar-refractivity contribution in [2.75, 3.05) is 25.0 Å². The van der Waals surface area contributed by atoms with Gasteiger partial charge < -0.3 is 19.5 Å². The van der Waals surface area contributed by atoms with E-state index >= 15 is 0 Å². The van der Waals surface area contributed by atoms with Crippen LogP contribution in [0.15, 0.2) is 47.3 Å². The van der Waals surface area contributed by atoms with Gasteiger partial charge in [-0.1, -0.05) is 12.1 Å². The quantitative estimate of drug-likeness (QED) is 0.635. The van der Waals surface area contributed by atoms with Gasteiger partial charge in [-0.3, -0.25) is 4.79 Å². The molecule has 6 nitrogen and oxygen atoms in total. The summed E-state index contributed by atoms with van der Waals surface area (Å²) in [6.45, 7) is 4.47. The van der Waals surface area contributed by atoms with E-state index in [0.717, 1.165) is 37.4 Å². The fourth-order valence-corrected chi connectivity index (χ4v) is 4.47. The monoisotopic (exact) mass is 397 g/mol. The third-order valence-electron chi connectivity index (χ3n) is 5.39. The van der Waals surface area contributed by atoms with Crippen molar-refractivity contribution in [2.45, 2.75) is 25.8 Å². The van der Waals surface area contributed by atoms with Gasteiger partial charge in [0.2, 0.25) is 0 Å². The summed E-state index contributed by atoms with van der Waals surface area (Å²) in [4.78, 5) is 26.3. The lowest BCUT2D eigenvalue weighted by atomic mass is 9.83. The van der Waals surface area contributed by atoms with Gasteiger partial charge in [-0.15, -0.1) is 0 Å². The number of esters is 1. The first-order chi connectivity index (χ1) is 13.5. The number of aromatic nitrogens is 1. The number of thiocarbonyl (C=S) groups is 1. The lowest BCUT2D eigenvalue weighted by Gasteiger charge is -2.43. The molecule has 1 fully saturated rings. The SMILES string of the molecule is CCOC(=O)c1cccc(NC(=S)N2CC3CC(C2)c2cccc(=O)n2C3)c1. The number of nitrogens with zero attached hydrogens (tertiary/aromatic N) is 2. The second-order valence-electron chi connectivity index (χ2n) is 7.33. The second-order valence-corrected chi connectivity index (χ2v) is 7.72. The number of hydrogen-bond acceptors (Lipinski definition) is 4. The van der Waals surface area contributed by atoms with Gasteiger partial charge in [0.1, 0.15) is 0 Å². The first-order valence-electron chi connectivity index (χ1n) is 9.58. The van der Waals surface area contributed by atoms with Crippen LogP contribution in [0.2, 0.25) is 0 Å². The van der Waals surface area contributed by atoms with Crippen molar-refractivity contribution in [2.24, 2.45) is 5.92 Å². The molecule has 7 heteroatoms. The summed E-state index contributed by atoms with van der Waals surface area (Å²) in [7, 11) is 0. The van der Waals surface area contributed by atoms with Crippen LogP contribution in [0.25, 0.3) is 0 Å². The third kappa shape index (κ3) is 3.67. The van der Waals surface area contributed by atoms with Gasteiger partial charge in [-0.05, 0) is 55.7 Å². The highest BCUT2D eigenvalue weighted by atomic mass is 32.1. The fourth-order valence-electron chi connectivity index (χ4n) is 4.20. The molecule has 1 aromatic heterocycles. The van der Waals surface area contributed by atoms with E-state index < -0.39 is 0 Å². The maximum absolute atomic E-state index is 12.2. The molecule has 2 aliphatic rings. The van der Waals surface area contributed by atoms with Crippen molar-refractivity contribution in [1.29, 1.82) is 0 Å². The molecule has 2 unspecified atom stereocenters. The third-order valence-corrected chi connectivity index (χ3v) is 5.75. The summed E-state index contributed by atoms with van der Waals surface area (Å²) in [5.74, 6) is 0.357. The fraction of sp³-hybridized carbons (Fsp3) is 0.381. The number of hydrogen-bond donors (Lipinski definition) is 1. The zero-order valence-electron chi connectivity index (χ0n) is 15.8. The molecule has 2 aliphatic heterocycles. The first kappa shape index (κ1) is 18.7. The van der Waals surface area contributed by atoms with Crippen molar-refractivity contribution in [3.05, 3.63) is 64.1 Å². The number of carbonyl (C=O) groups is 1. The second kappa shape index (κ2) is 7.75. The number of nitrogens with one attached hydrogen (secondary N) is 1. The summed E-state index contributed by atoms with van der Waals surface area (Å²) in [6, 6.07) is 12.7. The summed E-state index contributed by atoms with van der Waals surface area (Å²) < 4.78 is 6.97. The topological polar surface area (TPSA) is 63.6 Å². The highest BCUT2D eigenvalue weighted by Gasteiger charge is 2.35. The zero-order chi connectivity index (χ0) is 19.7. The minimum atomic E-state index is -0.341. The minimum absolute atomic E-state index is 0.0807. The average Bonchev–Trinajstić information content (AvgIpc) is 2.69. The number of likely N-dealkylation sites (tertiary alicyclic amines) is 1. The molecule has 3 heterocycles. The Hall–Kier alpha value is -2.67. The van der Waals surface area contributed by atoms with Crippen molar-refractivity contribution in [3.63, 3.8) is 0 Å². The molecule has 0 spiro atoms. The maximum atomic E-state index is 12.2. The minimum Gasteiger partial charge on any atom is -0.462 e. The van der Waals surface area contributed by atoms with Crippen molar-refractivity contribution < 1.29 is 9.53 Å². The van der Waals surface area contributed by atoms with Crippen LogP contribution in [-0.2, 0) is 11.3 Å². The average molecular weight is 398 g/mol. The van der Waals surface area contributed by atoms with Crippen LogP contribution in [-0.4, -0.2) is 40.2 Å². The summed E-state index contributed by atoms with van der Waals surface area (Å²) in [6.07, 6.45) is 1.08. The standard InChI is InChI=1S/C21H23N3O3S/c1-2-27-20(26)15-5-3-6-17(10-15)22-21(28)23-11-14-9-16(13-23)18-7-4-8-19(25)24(18)12-14/h3-8,10,14,16H,2,9,11-13H2,1H3,(H,22,28). The lowest BCUT2D eigenvalue weighted by Crippen LogP contribution is -2.50. The Kier molecular flexibility index (Phi) is 5.17. The van der Waals surface area contributed by atoms with Crippen LogP contribution in [0, 0.1) is 5.92 Å². The molecule has 2 bridgehead atoms. The number of pyridine rings is 1. The highest BCUT2D eigenvalue weighted by Crippen LogP contribution is 2.35. The molecule has 1 aromatic carbocycles. The van der Waals surface area contributed by atoms with Gasteiger partial charge in [-0.25, -0.2) is 4.79 Å². The van der Waals surface area contributed by atoms with E-state index in [1.54, 1.807) is 25.1 Å². The van der Waals surface area contributed by atoms with Crippen LogP contribution < -0.4 is 10.9 Å². The molecule has 1 N–H and O–H groups in total. The van der Waals surface area contributed by atoms with Gasteiger partial charge in [0.05, 0.1) is 12.2 Å². The van der Waals surface area contributed by atoms with Crippen LogP contribution >= 0.6 is 12.2 Å². The molecule has 28 heavy (non-hydrogen) atoms. The number of carbonyl (C=O) groups excluding carboxylic acids is 1. The number of piperidine rings is 1. The Balaban J connectivity index is 1.48. The van der Waals surface area contributed by atoms with E-state index in [1.807, 2.05) is 28.8 Å². The molecule has 1 saturated heterocycles. The van der Waals surface area contributed by atoms with Crippen molar-refractivity contribution >= 4 is 29.0 Å². The van der Waals surface area contributed by atoms with E-state index in [1.165, 1.54) is 0 Å². The van der Waals surface area contributed by atoms with E-state index in [9.17, 15) is 9.59 Å². The van der Waals surface area contributed by atoms with E-state index in [2.05, 4.69) is 10.2 Å². The number of ether oxygens (including phenoxy) is 1. The highest BCUT2D eigenvalue weighted by molar-refractivity contribution is 7.80. The van der Waals surface area contributed by atoms with Gasteiger partial charge >= 0.3 is 5.97 Å². The molecule has 0 radical (unpaired) electrons. The van der Waals surface area contributed by atoms with Gasteiger partial charge in [0.25, 0.3) is 5.56 Å². The first-order valence-corrected chi connectivity index (χ1v) is 9.99. The van der Waals surface area contributed by atoms with Crippen LogP contribution in [0.4, 0.5) is 5.69 Å². The number of benzene rings is 1. The largest absolute Gasteiger partial charge is 0.462 e. The molecular formula is C21H23N3O3S. The van der Waals surface area contributed by atoms with E-state index in [4.69, 9.17) is 17.0 Å². The molecule has 2 atom stereocenters. The van der Waals surface area contributed by atoms with Gasteiger partial charge in [0.15, 0.2) is 5.11 Å². The molecule has 0 aliphatic carbocycles. The predicted octanol–water partition coefficient (Wildman–Crippen LogP) is 2.84. The summed E-state index contributed by atoms with van der Waals surface area (Å²) in [5.41, 5.74) is 2.44. The van der Waals surface area contributed by atoms with Gasteiger partial charge in [-0.2, -0.15) is 0 Å². The van der Waals surface area contributed by atoms with Gasteiger partial charge in [0, 0.05) is 43.0 Å². The van der Waals surface area contributed by atoms with E-state index in [0.29, 0.717) is 29.1 Å². The van der Waals surface area contributed by atoms with Crippen molar-refractivity contribution in [1.82, 2.24) is 9.47 Å². The molecule has 146 valence electrons. The summed E-state index contributed by atoms with van der Waals surface area (Å²) >= 11 is 5.65. The number of fused-ring (bicyclic) bond motifs is 4. The zero-order valence-corrected chi connectivity index (χ0v) is 16.6. The van der Waals surface area contributed by atoms with Crippen LogP contribution in [0.3, 0.4) is 0 Å². The van der Waals surface area contributed by atoms with Crippen LogP contribution in [0.5, 0.6) is 0 Å². The summed E-state index contributed by atoms with van der Waals surface area (Å²) in [5, 5.41) is 3.90. The number of rotatable bonds is 3. The van der Waals surface area contributed by atoms with E-state index in [-0.39, 0.29) is 11.5 Å². The Bertz CT molecular complexity index is 971. The molecule has 0 saturated carbocycles. The maximum Gasteiger partial charge on any atom is 0.338 e. The molecule has 0 amide bonds. The Morgan fingerprint density at radius 3 is 2.86 bits per heavy atom. The molecule has 2 aromatic rings. The predicted molar refractivity (Wildman–Crippen MR) is 112 cm³/mol. The number of anilines is 1. The Labute approximate surface area is 169 Å². The lowest BCUT2D eigenvalue weighted by molar-refractivity contribution is 0.0526. The van der Waals surface area contributed by atoms with Crippen LogP contribution in [0.1, 0.15) is 35.3 Å². The Morgan fingerprint density at radius 1 is 1.21 bits per heavy atom. The molecular weight excluding hydrogens is 374 g/mol. The van der Waals surface area contributed by atoms with Crippen molar-refractivity contribution in [3.8, 4) is 0 Å². The normalized spacial score (nSPS) is 20.2. The Morgan fingerprint density at radius 2 is 2.04 bits per heavy atom. The smallest absolute Gasteiger partial charge is 0.338 e. The molecule has 4 rings (SSSR count).